The molecular formula is C10H13N. The van der Waals surface area contributed by atoms with Crippen LogP contribution in [0.4, 0.5) is 0 Å². The van der Waals surface area contributed by atoms with Gasteiger partial charge < -0.3 is 4.90 Å². The van der Waals surface area contributed by atoms with Gasteiger partial charge in [0, 0.05) is 19.8 Å². The Morgan fingerprint density at radius 3 is 3.18 bits per heavy atom. The van der Waals surface area contributed by atoms with Gasteiger partial charge in [-0.15, -0.1) is 0 Å². The van der Waals surface area contributed by atoms with Gasteiger partial charge in [-0.05, 0) is 17.1 Å². The highest BCUT2D eigenvalue weighted by Crippen LogP contribution is 2.29. The second-order valence-corrected chi connectivity index (χ2v) is 3.41. The molecule has 0 bridgehead atoms. The first kappa shape index (κ1) is 6.71. The smallest absolute Gasteiger partial charge is 0.0235 e. The minimum Gasteiger partial charge on any atom is -0.379 e. The number of rotatable bonds is 0. The molecule has 0 N–H and O–H groups in total. The van der Waals surface area contributed by atoms with Gasteiger partial charge in [-0.3, -0.25) is 0 Å². The molecule has 0 amide bonds. The summed E-state index contributed by atoms with van der Waals surface area (Å²) in [5, 5.41) is 0. The van der Waals surface area contributed by atoms with Crippen molar-refractivity contribution in [1.29, 1.82) is 0 Å². The second kappa shape index (κ2) is 2.26. The molecule has 2 aliphatic rings. The Balaban J connectivity index is 2.37. The molecule has 0 aromatic rings. The molecule has 11 heavy (non-hydrogen) atoms. The molecule has 1 nitrogen and oxygen atoms in total. The zero-order valence-corrected chi connectivity index (χ0v) is 7.04. The summed E-state index contributed by atoms with van der Waals surface area (Å²) >= 11 is 0. The summed E-state index contributed by atoms with van der Waals surface area (Å²) in [7, 11) is 2.13. The summed E-state index contributed by atoms with van der Waals surface area (Å²) in [6.45, 7) is 3.43. The van der Waals surface area contributed by atoms with E-state index in [2.05, 4.69) is 43.3 Å². The largest absolute Gasteiger partial charge is 0.379 e. The maximum atomic E-state index is 2.28. The van der Waals surface area contributed by atoms with Crippen LogP contribution in [-0.4, -0.2) is 18.5 Å². The Hall–Kier alpha value is -0.980. The molecule has 1 aliphatic heterocycles. The van der Waals surface area contributed by atoms with Crippen LogP contribution in [0, 0.1) is 5.92 Å². The minimum atomic E-state index is 0.690. The zero-order chi connectivity index (χ0) is 7.84. The highest BCUT2D eigenvalue weighted by Gasteiger charge is 2.19. The molecule has 0 spiro atoms. The molecule has 1 unspecified atom stereocenters. The average molecular weight is 147 g/mol. The van der Waals surface area contributed by atoms with Gasteiger partial charge in [0.25, 0.3) is 0 Å². The van der Waals surface area contributed by atoms with Crippen molar-refractivity contribution >= 4 is 0 Å². The van der Waals surface area contributed by atoms with Crippen molar-refractivity contribution in [2.24, 2.45) is 5.92 Å². The fraction of sp³-hybridized carbons (Fsp3) is 0.400. The fourth-order valence-electron chi connectivity index (χ4n) is 1.83. The molecule has 0 saturated carbocycles. The maximum absolute atomic E-state index is 2.28. The second-order valence-electron chi connectivity index (χ2n) is 3.41. The van der Waals surface area contributed by atoms with E-state index in [1.165, 1.54) is 11.1 Å². The van der Waals surface area contributed by atoms with Gasteiger partial charge in [0.15, 0.2) is 0 Å². The fourth-order valence-corrected chi connectivity index (χ4v) is 1.83. The van der Waals surface area contributed by atoms with Crippen molar-refractivity contribution in [3.63, 3.8) is 0 Å². The van der Waals surface area contributed by atoms with E-state index >= 15 is 0 Å². The molecule has 1 atom stereocenters. The zero-order valence-electron chi connectivity index (χ0n) is 7.04. The lowest BCUT2D eigenvalue weighted by Gasteiger charge is -2.27. The number of allylic oxidation sites excluding steroid dienone is 4. The Morgan fingerprint density at radius 2 is 2.36 bits per heavy atom. The van der Waals surface area contributed by atoms with E-state index in [0.29, 0.717) is 5.92 Å². The predicted octanol–water partition coefficient (Wildman–Crippen LogP) is 1.95. The van der Waals surface area contributed by atoms with Crippen molar-refractivity contribution in [3.8, 4) is 0 Å². The van der Waals surface area contributed by atoms with E-state index < -0.39 is 0 Å². The van der Waals surface area contributed by atoms with E-state index in [-0.39, 0.29) is 0 Å². The Labute approximate surface area is 67.7 Å². The standard InChI is InChI=1S/C10H13N/c1-8-6-11(2)7-9-4-3-5-10(8)9/h3-5,7-8H,6H2,1-2H3. The molecule has 1 heteroatoms. The van der Waals surface area contributed by atoms with Crippen molar-refractivity contribution in [2.75, 3.05) is 13.6 Å². The summed E-state index contributed by atoms with van der Waals surface area (Å²) in [4.78, 5) is 2.26. The van der Waals surface area contributed by atoms with Crippen LogP contribution in [0.3, 0.4) is 0 Å². The summed E-state index contributed by atoms with van der Waals surface area (Å²) in [5.74, 6) is 0.690. The van der Waals surface area contributed by atoms with Crippen LogP contribution in [0.2, 0.25) is 0 Å². The molecule has 1 aliphatic carbocycles. The van der Waals surface area contributed by atoms with Crippen LogP contribution in [-0.2, 0) is 0 Å². The van der Waals surface area contributed by atoms with E-state index in [4.69, 9.17) is 0 Å². The lowest BCUT2D eigenvalue weighted by Crippen LogP contribution is -2.25. The van der Waals surface area contributed by atoms with Crippen LogP contribution in [0.25, 0.3) is 0 Å². The first-order valence-corrected chi connectivity index (χ1v) is 4.08. The third-order valence-corrected chi connectivity index (χ3v) is 2.34. The molecule has 0 saturated heterocycles. The van der Waals surface area contributed by atoms with Crippen molar-refractivity contribution in [2.45, 2.75) is 6.92 Å². The summed E-state index contributed by atoms with van der Waals surface area (Å²) in [5.41, 5.74) is 2.90. The van der Waals surface area contributed by atoms with Crippen molar-refractivity contribution in [3.05, 3.63) is 35.6 Å². The Morgan fingerprint density at radius 1 is 1.55 bits per heavy atom. The molecule has 0 aromatic carbocycles. The molecule has 0 aromatic heterocycles. The third kappa shape index (κ3) is 1.01. The number of hydrogen-bond donors (Lipinski definition) is 0. The van der Waals surface area contributed by atoms with E-state index in [9.17, 15) is 0 Å². The van der Waals surface area contributed by atoms with Crippen LogP contribution >= 0.6 is 0 Å². The maximum Gasteiger partial charge on any atom is 0.0235 e. The molecule has 2 rings (SSSR count). The topological polar surface area (TPSA) is 3.24 Å². The average Bonchev–Trinajstić information content (AvgIpc) is 2.34. The first-order valence-electron chi connectivity index (χ1n) is 4.08. The predicted molar refractivity (Wildman–Crippen MR) is 47.1 cm³/mol. The van der Waals surface area contributed by atoms with E-state index in [0.717, 1.165) is 6.54 Å². The van der Waals surface area contributed by atoms with Gasteiger partial charge in [-0.1, -0.05) is 25.2 Å². The van der Waals surface area contributed by atoms with Crippen LogP contribution in [0.1, 0.15) is 6.92 Å². The number of nitrogens with zero attached hydrogens (tertiary/aromatic N) is 1. The van der Waals surface area contributed by atoms with Crippen LogP contribution in [0.15, 0.2) is 35.6 Å². The Kier molecular flexibility index (Phi) is 1.38. The summed E-state index contributed by atoms with van der Waals surface area (Å²) < 4.78 is 0. The quantitative estimate of drug-likeness (QED) is 0.506. The third-order valence-electron chi connectivity index (χ3n) is 2.34. The number of hydrogen-bond acceptors (Lipinski definition) is 1. The monoisotopic (exact) mass is 147 g/mol. The normalized spacial score (nSPS) is 28.2. The molecule has 0 fully saturated rings. The van der Waals surface area contributed by atoms with Crippen LogP contribution in [0.5, 0.6) is 0 Å². The highest BCUT2D eigenvalue weighted by molar-refractivity contribution is 5.50. The Bertz CT molecular complexity index is 258. The van der Waals surface area contributed by atoms with Crippen molar-refractivity contribution in [1.82, 2.24) is 4.90 Å². The lowest BCUT2D eigenvalue weighted by atomic mass is 9.93. The summed E-state index contributed by atoms with van der Waals surface area (Å²) in [6, 6.07) is 0. The van der Waals surface area contributed by atoms with Gasteiger partial charge in [-0.25, -0.2) is 0 Å². The lowest BCUT2D eigenvalue weighted by molar-refractivity contribution is 0.385. The van der Waals surface area contributed by atoms with E-state index in [1.54, 1.807) is 0 Å². The van der Waals surface area contributed by atoms with Gasteiger partial charge >= 0.3 is 0 Å². The minimum absolute atomic E-state index is 0.690. The van der Waals surface area contributed by atoms with Gasteiger partial charge in [-0.2, -0.15) is 0 Å². The van der Waals surface area contributed by atoms with Gasteiger partial charge in [0.2, 0.25) is 0 Å². The SMILES string of the molecule is CC1CN(C)C=C2C=CC=C21. The van der Waals surface area contributed by atoms with E-state index in [1.807, 2.05) is 0 Å². The van der Waals surface area contributed by atoms with Gasteiger partial charge in [0.1, 0.15) is 0 Å². The molecule has 1 heterocycles. The van der Waals surface area contributed by atoms with Crippen molar-refractivity contribution < 1.29 is 0 Å². The highest BCUT2D eigenvalue weighted by atomic mass is 15.1. The molecule has 0 radical (unpaired) electrons. The summed E-state index contributed by atoms with van der Waals surface area (Å²) in [6.07, 6.45) is 8.76. The molecular weight excluding hydrogens is 134 g/mol. The number of fused-ring (bicyclic) bond motifs is 1. The molecule has 58 valence electrons. The van der Waals surface area contributed by atoms with Gasteiger partial charge in [0.05, 0.1) is 0 Å². The first-order chi connectivity index (χ1) is 5.27. The van der Waals surface area contributed by atoms with Crippen LogP contribution < -0.4 is 0 Å².